The van der Waals surface area contributed by atoms with E-state index in [0.717, 1.165) is 16.7 Å². The highest BCUT2D eigenvalue weighted by Crippen LogP contribution is 2.40. The van der Waals surface area contributed by atoms with Crippen molar-refractivity contribution >= 4 is 23.4 Å². The lowest BCUT2D eigenvalue weighted by molar-refractivity contribution is -0.140. The number of rotatable bonds is 6. The van der Waals surface area contributed by atoms with E-state index in [1.807, 2.05) is 19.9 Å². The normalized spacial score (nSPS) is 17.0. The SMILES string of the molecule is CCOC(=O)c1ccc(CN2C(=O)C(=O)/C(=C(\O)c3ccc(C)c(C)c3)C2c2cccnc2)cc1. The van der Waals surface area contributed by atoms with Crippen LogP contribution in [0.1, 0.15) is 51.1 Å². The minimum absolute atomic E-state index is 0.0226. The molecule has 1 aliphatic rings. The van der Waals surface area contributed by atoms with Crippen molar-refractivity contribution in [3.63, 3.8) is 0 Å². The summed E-state index contributed by atoms with van der Waals surface area (Å²) in [5, 5.41) is 11.2. The number of nitrogens with zero attached hydrogens (tertiary/aromatic N) is 2. The maximum absolute atomic E-state index is 13.2. The Labute approximate surface area is 203 Å². The van der Waals surface area contributed by atoms with Gasteiger partial charge in [0.1, 0.15) is 5.76 Å². The van der Waals surface area contributed by atoms with E-state index in [0.29, 0.717) is 16.7 Å². The molecule has 35 heavy (non-hydrogen) atoms. The topological polar surface area (TPSA) is 96.8 Å². The number of aryl methyl sites for hydroxylation is 2. The van der Waals surface area contributed by atoms with E-state index in [-0.39, 0.29) is 24.5 Å². The Kier molecular flexibility index (Phi) is 6.78. The van der Waals surface area contributed by atoms with Gasteiger partial charge in [0.25, 0.3) is 11.7 Å². The number of carbonyl (C=O) groups excluding carboxylic acids is 3. The number of aliphatic hydroxyl groups is 1. The number of aliphatic hydroxyl groups excluding tert-OH is 1. The predicted molar refractivity (Wildman–Crippen MR) is 130 cm³/mol. The molecule has 7 heteroatoms. The minimum atomic E-state index is -0.810. The highest BCUT2D eigenvalue weighted by Gasteiger charge is 2.46. The number of Topliss-reactive ketones (excluding diaryl/α,β-unsaturated/α-hetero) is 1. The lowest BCUT2D eigenvalue weighted by atomic mass is 9.95. The average Bonchev–Trinajstić information content (AvgIpc) is 3.11. The van der Waals surface area contributed by atoms with Crippen LogP contribution < -0.4 is 0 Å². The van der Waals surface area contributed by atoms with Gasteiger partial charge in [0.2, 0.25) is 0 Å². The van der Waals surface area contributed by atoms with Crippen molar-refractivity contribution in [2.75, 3.05) is 6.61 Å². The van der Waals surface area contributed by atoms with E-state index < -0.39 is 23.7 Å². The van der Waals surface area contributed by atoms with Gasteiger partial charge in [0, 0.05) is 24.5 Å². The van der Waals surface area contributed by atoms with Crippen LogP contribution in [0.5, 0.6) is 0 Å². The van der Waals surface area contributed by atoms with Gasteiger partial charge in [0.15, 0.2) is 0 Å². The largest absolute Gasteiger partial charge is 0.507 e. The molecule has 1 aliphatic heterocycles. The number of hydrogen-bond donors (Lipinski definition) is 1. The van der Waals surface area contributed by atoms with Crippen LogP contribution in [0.3, 0.4) is 0 Å². The van der Waals surface area contributed by atoms with Crippen LogP contribution >= 0.6 is 0 Å². The molecule has 3 aromatic rings. The van der Waals surface area contributed by atoms with Crippen LogP contribution in [0.15, 0.2) is 72.6 Å². The van der Waals surface area contributed by atoms with Gasteiger partial charge in [-0.3, -0.25) is 14.6 Å². The minimum Gasteiger partial charge on any atom is -0.507 e. The van der Waals surface area contributed by atoms with Crippen LogP contribution in [0.25, 0.3) is 5.76 Å². The Morgan fingerprint density at radius 2 is 1.74 bits per heavy atom. The molecule has 7 nitrogen and oxygen atoms in total. The molecule has 1 aromatic heterocycles. The Morgan fingerprint density at radius 3 is 2.37 bits per heavy atom. The molecule has 1 saturated heterocycles. The molecular weight excluding hydrogens is 444 g/mol. The van der Waals surface area contributed by atoms with Gasteiger partial charge in [-0.15, -0.1) is 0 Å². The molecule has 178 valence electrons. The molecule has 1 unspecified atom stereocenters. The number of esters is 1. The fraction of sp³-hybridized carbons (Fsp3) is 0.214. The summed E-state index contributed by atoms with van der Waals surface area (Å²) in [6.07, 6.45) is 3.19. The summed E-state index contributed by atoms with van der Waals surface area (Å²) in [4.78, 5) is 43.9. The lowest BCUT2D eigenvalue weighted by Crippen LogP contribution is -2.29. The second-order valence-corrected chi connectivity index (χ2v) is 8.43. The molecule has 1 atom stereocenters. The number of hydrogen-bond acceptors (Lipinski definition) is 6. The van der Waals surface area contributed by atoms with Gasteiger partial charge in [-0.2, -0.15) is 0 Å². The quantitative estimate of drug-likeness (QED) is 0.247. The van der Waals surface area contributed by atoms with Crippen molar-refractivity contribution in [1.29, 1.82) is 0 Å². The standard InChI is InChI=1S/C28H26N2O5/c1-4-35-28(34)20-11-8-19(9-12-20)16-30-24(22-6-5-13-29-15-22)23(26(32)27(30)33)25(31)21-10-7-17(2)18(3)14-21/h5-15,24,31H,4,16H2,1-3H3/b25-23-. The molecule has 0 spiro atoms. The molecule has 1 fully saturated rings. The van der Waals surface area contributed by atoms with Gasteiger partial charge < -0.3 is 14.7 Å². The fourth-order valence-corrected chi connectivity index (χ4v) is 4.13. The zero-order chi connectivity index (χ0) is 25.1. The summed E-state index contributed by atoms with van der Waals surface area (Å²) in [7, 11) is 0. The monoisotopic (exact) mass is 470 g/mol. The van der Waals surface area contributed by atoms with Gasteiger partial charge in [0.05, 0.1) is 23.8 Å². The summed E-state index contributed by atoms with van der Waals surface area (Å²) in [6, 6.07) is 14.8. The molecule has 0 saturated carbocycles. The first-order valence-electron chi connectivity index (χ1n) is 11.3. The van der Waals surface area contributed by atoms with Crippen molar-refractivity contribution in [3.8, 4) is 0 Å². The van der Waals surface area contributed by atoms with Crippen LogP contribution in [0, 0.1) is 13.8 Å². The van der Waals surface area contributed by atoms with E-state index in [2.05, 4.69) is 4.98 Å². The Balaban J connectivity index is 1.76. The Hall–Kier alpha value is -4.26. The third-order valence-corrected chi connectivity index (χ3v) is 6.14. The van der Waals surface area contributed by atoms with E-state index in [1.54, 1.807) is 67.8 Å². The third-order valence-electron chi connectivity index (χ3n) is 6.14. The van der Waals surface area contributed by atoms with Crippen molar-refractivity contribution in [2.24, 2.45) is 0 Å². The zero-order valence-corrected chi connectivity index (χ0v) is 19.8. The smallest absolute Gasteiger partial charge is 0.338 e. The van der Waals surface area contributed by atoms with Crippen molar-refractivity contribution < 1.29 is 24.2 Å². The van der Waals surface area contributed by atoms with Gasteiger partial charge in [-0.25, -0.2) is 4.79 Å². The highest BCUT2D eigenvalue weighted by molar-refractivity contribution is 6.46. The average molecular weight is 471 g/mol. The summed E-state index contributed by atoms with van der Waals surface area (Å²) >= 11 is 0. The Bertz CT molecular complexity index is 1310. The lowest BCUT2D eigenvalue weighted by Gasteiger charge is -2.25. The third kappa shape index (κ3) is 4.71. The maximum Gasteiger partial charge on any atom is 0.338 e. The maximum atomic E-state index is 13.2. The predicted octanol–water partition coefficient (Wildman–Crippen LogP) is 4.50. The zero-order valence-electron chi connectivity index (χ0n) is 19.8. The van der Waals surface area contributed by atoms with E-state index in [1.165, 1.54) is 4.90 Å². The number of aromatic nitrogens is 1. The summed E-state index contributed by atoms with van der Waals surface area (Å²) in [6.45, 7) is 6.00. The molecule has 0 radical (unpaired) electrons. The first kappa shape index (κ1) is 23.9. The van der Waals surface area contributed by atoms with Crippen molar-refractivity contribution in [1.82, 2.24) is 9.88 Å². The number of carbonyl (C=O) groups is 3. The number of ether oxygens (including phenoxy) is 1. The molecule has 0 bridgehead atoms. The number of amides is 1. The molecule has 1 amide bonds. The summed E-state index contributed by atoms with van der Waals surface area (Å²) in [5.41, 5.74) is 4.24. The molecule has 2 aromatic carbocycles. The van der Waals surface area contributed by atoms with E-state index >= 15 is 0 Å². The van der Waals surface area contributed by atoms with E-state index in [9.17, 15) is 19.5 Å². The first-order chi connectivity index (χ1) is 16.8. The number of ketones is 1. The van der Waals surface area contributed by atoms with Gasteiger partial charge >= 0.3 is 5.97 Å². The second kappa shape index (κ2) is 9.93. The van der Waals surface area contributed by atoms with Crippen LogP contribution in [-0.2, 0) is 20.9 Å². The van der Waals surface area contributed by atoms with Crippen molar-refractivity contribution in [2.45, 2.75) is 33.4 Å². The van der Waals surface area contributed by atoms with E-state index in [4.69, 9.17) is 4.74 Å². The number of benzene rings is 2. The van der Waals surface area contributed by atoms with Gasteiger partial charge in [-0.05, 0) is 67.3 Å². The van der Waals surface area contributed by atoms with Crippen LogP contribution in [0.4, 0.5) is 0 Å². The fourth-order valence-electron chi connectivity index (χ4n) is 4.13. The molecule has 1 N–H and O–H groups in total. The van der Waals surface area contributed by atoms with Crippen molar-refractivity contribution in [3.05, 3.63) is 106 Å². The molecular formula is C28H26N2O5. The van der Waals surface area contributed by atoms with Gasteiger partial charge in [-0.1, -0.05) is 30.3 Å². The first-order valence-corrected chi connectivity index (χ1v) is 11.3. The number of pyridine rings is 1. The highest BCUT2D eigenvalue weighted by atomic mass is 16.5. The molecule has 4 rings (SSSR count). The molecule has 2 heterocycles. The van der Waals surface area contributed by atoms with Crippen LogP contribution in [-0.4, -0.2) is 39.3 Å². The molecule has 0 aliphatic carbocycles. The second-order valence-electron chi connectivity index (χ2n) is 8.43. The van der Waals surface area contributed by atoms with Crippen LogP contribution in [0.2, 0.25) is 0 Å². The summed E-state index contributed by atoms with van der Waals surface area (Å²) < 4.78 is 5.02. The summed E-state index contributed by atoms with van der Waals surface area (Å²) in [5.74, 6) is -2.11. The Morgan fingerprint density at radius 1 is 1.03 bits per heavy atom. The number of likely N-dealkylation sites (tertiary alicyclic amines) is 1.